The minimum atomic E-state index is -3.47. The highest BCUT2D eigenvalue weighted by Gasteiger charge is 2.46. The lowest BCUT2D eigenvalue weighted by molar-refractivity contribution is -0.140. The van der Waals surface area contributed by atoms with Crippen LogP contribution in [0.25, 0.3) is 0 Å². The van der Waals surface area contributed by atoms with Gasteiger partial charge in [0.25, 0.3) is 0 Å². The Morgan fingerprint density at radius 1 is 0.833 bits per heavy atom. The average molecular weight is 427 g/mol. The Balaban J connectivity index is 1.24. The van der Waals surface area contributed by atoms with Crippen molar-refractivity contribution in [3.63, 3.8) is 0 Å². The lowest BCUT2D eigenvalue weighted by Crippen LogP contribution is -2.51. The quantitative estimate of drug-likeness (QED) is 0.711. The molecule has 1 saturated carbocycles. The van der Waals surface area contributed by atoms with Gasteiger partial charge in [-0.25, -0.2) is 8.42 Å². The van der Waals surface area contributed by atoms with Crippen LogP contribution in [-0.2, 0) is 19.4 Å². The van der Waals surface area contributed by atoms with Crippen molar-refractivity contribution in [2.45, 2.75) is 23.7 Å². The molecule has 0 radical (unpaired) electrons. The summed E-state index contributed by atoms with van der Waals surface area (Å²) in [7, 11) is -3.47. The van der Waals surface area contributed by atoms with Crippen LogP contribution in [0.4, 0.5) is 0 Å². The SMILES string of the molecule is O=C(CCS(=O)(=O)c1ccccc1)N1CCN(C(=O)C2CC2c2ccccc2)CC1. The molecule has 0 spiro atoms. The Labute approximate surface area is 177 Å². The standard InChI is InChI=1S/C23H26N2O4S/c26-22(11-16-30(28,29)19-9-5-2-6-10-19)24-12-14-25(15-13-24)23(27)21-17-20(21)18-7-3-1-4-8-18/h1-10,20-21H,11-17H2. The number of amides is 2. The molecule has 2 atom stereocenters. The van der Waals surface area contributed by atoms with E-state index in [4.69, 9.17) is 0 Å². The molecule has 2 amide bonds. The first-order chi connectivity index (χ1) is 14.5. The summed E-state index contributed by atoms with van der Waals surface area (Å²) in [5.41, 5.74) is 1.21. The van der Waals surface area contributed by atoms with Crippen LogP contribution in [0, 0.1) is 5.92 Å². The lowest BCUT2D eigenvalue weighted by atomic mass is 10.1. The number of hydrogen-bond donors (Lipinski definition) is 0. The summed E-state index contributed by atoms with van der Waals surface area (Å²) >= 11 is 0. The van der Waals surface area contributed by atoms with Crippen molar-refractivity contribution in [2.24, 2.45) is 5.92 Å². The fourth-order valence-electron chi connectivity index (χ4n) is 4.07. The number of piperazine rings is 1. The van der Waals surface area contributed by atoms with Gasteiger partial charge >= 0.3 is 0 Å². The Kier molecular flexibility index (Phi) is 5.90. The molecule has 2 unspecified atom stereocenters. The van der Waals surface area contributed by atoms with Gasteiger partial charge in [-0.15, -0.1) is 0 Å². The molecule has 1 saturated heterocycles. The van der Waals surface area contributed by atoms with E-state index >= 15 is 0 Å². The van der Waals surface area contributed by atoms with E-state index in [9.17, 15) is 18.0 Å². The van der Waals surface area contributed by atoms with Crippen molar-refractivity contribution in [1.29, 1.82) is 0 Å². The number of carbonyl (C=O) groups is 2. The van der Waals surface area contributed by atoms with Crippen LogP contribution in [0.2, 0.25) is 0 Å². The second-order valence-electron chi connectivity index (χ2n) is 7.95. The molecule has 30 heavy (non-hydrogen) atoms. The highest BCUT2D eigenvalue weighted by Crippen LogP contribution is 2.48. The van der Waals surface area contributed by atoms with Crippen molar-refractivity contribution >= 4 is 21.7 Å². The van der Waals surface area contributed by atoms with Gasteiger partial charge in [-0.2, -0.15) is 0 Å². The Morgan fingerprint density at radius 2 is 1.40 bits per heavy atom. The van der Waals surface area contributed by atoms with Crippen molar-refractivity contribution in [3.05, 3.63) is 66.2 Å². The van der Waals surface area contributed by atoms with Crippen LogP contribution >= 0.6 is 0 Å². The van der Waals surface area contributed by atoms with Crippen LogP contribution in [0.15, 0.2) is 65.6 Å². The first kappa shape index (κ1) is 20.6. The van der Waals surface area contributed by atoms with Crippen molar-refractivity contribution in [3.8, 4) is 0 Å². The Bertz CT molecular complexity index is 1000. The lowest BCUT2D eigenvalue weighted by Gasteiger charge is -2.35. The van der Waals surface area contributed by atoms with Gasteiger partial charge in [0.05, 0.1) is 10.6 Å². The second kappa shape index (κ2) is 8.60. The maximum atomic E-state index is 12.8. The number of hydrogen-bond acceptors (Lipinski definition) is 4. The van der Waals surface area contributed by atoms with Gasteiger partial charge in [-0.05, 0) is 30.0 Å². The zero-order valence-corrected chi connectivity index (χ0v) is 17.6. The molecule has 2 aliphatic rings. The van der Waals surface area contributed by atoms with Gasteiger partial charge in [-0.1, -0.05) is 48.5 Å². The third kappa shape index (κ3) is 4.56. The highest BCUT2D eigenvalue weighted by atomic mass is 32.2. The minimum Gasteiger partial charge on any atom is -0.339 e. The molecule has 1 heterocycles. The molecule has 4 rings (SSSR count). The minimum absolute atomic E-state index is 0.0378. The molecule has 6 nitrogen and oxygen atoms in total. The van der Waals surface area contributed by atoms with E-state index < -0.39 is 9.84 Å². The molecule has 158 valence electrons. The van der Waals surface area contributed by atoms with E-state index in [1.54, 1.807) is 35.2 Å². The maximum Gasteiger partial charge on any atom is 0.226 e. The van der Waals surface area contributed by atoms with E-state index in [0.29, 0.717) is 32.1 Å². The molecular formula is C23H26N2O4S. The predicted octanol–water partition coefficient (Wildman–Crippen LogP) is 2.32. The summed E-state index contributed by atoms with van der Waals surface area (Å²) in [5.74, 6) is 0.153. The van der Waals surface area contributed by atoms with Gasteiger partial charge in [0.15, 0.2) is 9.84 Å². The van der Waals surface area contributed by atoms with E-state index in [1.807, 2.05) is 23.1 Å². The number of benzene rings is 2. The maximum absolute atomic E-state index is 12.8. The number of sulfone groups is 1. The first-order valence-electron chi connectivity index (χ1n) is 10.3. The number of nitrogens with zero attached hydrogens (tertiary/aromatic N) is 2. The highest BCUT2D eigenvalue weighted by molar-refractivity contribution is 7.91. The fourth-order valence-corrected chi connectivity index (χ4v) is 5.32. The van der Waals surface area contributed by atoms with E-state index in [-0.39, 0.29) is 34.8 Å². The van der Waals surface area contributed by atoms with Crippen LogP contribution in [-0.4, -0.2) is 62.0 Å². The zero-order chi connectivity index (χ0) is 21.1. The average Bonchev–Trinajstić information content (AvgIpc) is 3.59. The van der Waals surface area contributed by atoms with E-state index in [2.05, 4.69) is 12.1 Å². The van der Waals surface area contributed by atoms with Gasteiger partial charge in [0.1, 0.15) is 0 Å². The summed E-state index contributed by atoms with van der Waals surface area (Å²) in [6, 6.07) is 18.3. The van der Waals surface area contributed by atoms with Crippen LogP contribution in [0.1, 0.15) is 24.3 Å². The second-order valence-corrected chi connectivity index (χ2v) is 10.1. The Hall–Kier alpha value is -2.67. The zero-order valence-electron chi connectivity index (χ0n) is 16.8. The molecule has 0 bridgehead atoms. The monoisotopic (exact) mass is 426 g/mol. The number of rotatable bonds is 6. The summed E-state index contributed by atoms with van der Waals surface area (Å²) in [5, 5.41) is 0. The molecule has 1 aliphatic carbocycles. The van der Waals surface area contributed by atoms with Crippen LogP contribution in [0.5, 0.6) is 0 Å². The van der Waals surface area contributed by atoms with E-state index in [0.717, 1.165) is 6.42 Å². The molecule has 2 aromatic carbocycles. The van der Waals surface area contributed by atoms with Crippen LogP contribution < -0.4 is 0 Å². The molecular weight excluding hydrogens is 400 g/mol. The summed E-state index contributed by atoms with van der Waals surface area (Å²) in [6.45, 7) is 1.93. The summed E-state index contributed by atoms with van der Waals surface area (Å²) < 4.78 is 24.7. The predicted molar refractivity (Wildman–Crippen MR) is 114 cm³/mol. The van der Waals surface area contributed by atoms with Crippen molar-refractivity contribution < 1.29 is 18.0 Å². The van der Waals surface area contributed by atoms with Crippen molar-refractivity contribution in [1.82, 2.24) is 9.80 Å². The van der Waals surface area contributed by atoms with Gasteiger partial charge in [0.2, 0.25) is 11.8 Å². The third-order valence-corrected chi connectivity index (χ3v) is 7.70. The van der Waals surface area contributed by atoms with Crippen LogP contribution in [0.3, 0.4) is 0 Å². The normalized spacial score (nSPS) is 21.3. The summed E-state index contributed by atoms with van der Waals surface area (Å²) in [6.07, 6.45) is 0.850. The molecule has 2 fully saturated rings. The largest absolute Gasteiger partial charge is 0.339 e. The van der Waals surface area contributed by atoms with E-state index in [1.165, 1.54) is 5.56 Å². The molecule has 7 heteroatoms. The van der Waals surface area contributed by atoms with Gasteiger partial charge < -0.3 is 9.80 Å². The van der Waals surface area contributed by atoms with Gasteiger partial charge in [0, 0.05) is 38.5 Å². The first-order valence-corrected chi connectivity index (χ1v) is 12.0. The summed E-state index contributed by atoms with van der Waals surface area (Å²) in [4.78, 5) is 29.0. The Morgan fingerprint density at radius 3 is 2.03 bits per heavy atom. The van der Waals surface area contributed by atoms with Gasteiger partial charge in [-0.3, -0.25) is 9.59 Å². The number of carbonyl (C=O) groups excluding carboxylic acids is 2. The molecule has 2 aromatic rings. The smallest absolute Gasteiger partial charge is 0.226 e. The topological polar surface area (TPSA) is 74.8 Å². The molecule has 0 N–H and O–H groups in total. The molecule has 1 aliphatic heterocycles. The van der Waals surface area contributed by atoms with Crippen molar-refractivity contribution in [2.75, 3.05) is 31.9 Å². The molecule has 0 aromatic heterocycles. The third-order valence-electron chi connectivity index (χ3n) is 5.97. The fraction of sp³-hybridized carbons (Fsp3) is 0.391.